The molecule has 0 aliphatic rings. The van der Waals surface area contributed by atoms with Crippen LogP contribution >= 0.6 is 23.6 Å². The minimum atomic E-state index is -4.42. The minimum Gasteiger partial charge on any atom is -0.282 e. The lowest BCUT2D eigenvalue weighted by Gasteiger charge is -2.10. The summed E-state index contributed by atoms with van der Waals surface area (Å²) in [6, 6.07) is 5.29. The number of benzene rings is 1. The Balaban J connectivity index is 2.71. The summed E-state index contributed by atoms with van der Waals surface area (Å²) in [7, 11) is -4.42. The lowest BCUT2D eigenvalue weighted by molar-refractivity contribution is 0.483. The third-order valence-corrected chi connectivity index (χ3v) is 3.52. The van der Waals surface area contributed by atoms with E-state index in [0.29, 0.717) is 5.69 Å². The smallest absolute Gasteiger partial charge is 0.282 e. The van der Waals surface area contributed by atoms with E-state index in [-0.39, 0.29) is 16.2 Å². The number of nitrogens with zero attached hydrogens (tertiary/aromatic N) is 4. The van der Waals surface area contributed by atoms with E-state index in [1.54, 1.807) is 0 Å². The van der Waals surface area contributed by atoms with Crippen molar-refractivity contribution in [1.82, 2.24) is 15.4 Å². The molecule has 0 spiro atoms. The van der Waals surface area contributed by atoms with Crippen molar-refractivity contribution in [2.24, 2.45) is 0 Å². The standard InChI is InChI=1S/C9H6Cl2N4O3S/c10-15(11)6-1-2-9(19(16,17)18)7(5-6)8-3-4-12-14-13-8/h1-5H,(H,16,17,18). The number of hydrogen-bond acceptors (Lipinski definition) is 6. The van der Waals surface area contributed by atoms with Gasteiger partial charge in [0.2, 0.25) is 0 Å². The molecule has 0 saturated heterocycles. The van der Waals surface area contributed by atoms with Crippen molar-refractivity contribution < 1.29 is 13.0 Å². The van der Waals surface area contributed by atoms with Gasteiger partial charge in [-0.1, -0.05) is 0 Å². The third kappa shape index (κ3) is 3.10. The highest BCUT2D eigenvalue weighted by atomic mass is 35.5. The molecule has 0 unspecified atom stereocenters. The van der Waals surface area contributed by atoms with Crippen molar-refractivity contribution in [3.05, 3.63) is 30.5 Å². The van der Waals surface area contributed by atoms with Gasteiger partial charge in [-0.15, -0.1) is 10.2 Å². The first-order chi connectivity index (χ1) is 8.89. The Bertz CT molecular complexity index is 694. The normalized spacial score (nSPS) is 11.3. The van der Waals surface area contributed by atoms with Crippen molar-refractivity contribution in [3.63, 3.8) is 0 Å². The molecule has 1 heterocycles. The zero-order valence-electron chi connectivity index (χ0n) is 9.10. The van der Waals surface area contributed by atoms with Gasteiger partial charge < -0.3 is 0 Å². The average Bonchev–Trinajstić information content (AvgIpc) is 2.38. The molecule has 0 aliphatic carbocycles. The highest BCUT2D eigenvalue weighted by Gasteiger charge is 2.19. The molecule has 0 bridgehead atoms. The van der Waals surface area contributed by atoms with Gasteiger partial charge >= 0.3 is 0 Å². The molecule has 10 heteroatoms. The fraction of sp³-hybridized carbons (Fsp3) is 0. The minimum absolute atomic E-state index is 0.112. The number of hydrogen-bond donors (Lipinski definition) is 1. The van der Waals surface area contributed by atoms with E-state index in [4.69, 9.17) is 23.6 Å². The van der Waals surface area contributed by atoms with Crippen molar-refractivity contribution >= 4 is 39.4 Å². The molecule has 1 aromatic carbocycles. The highest BCUT2D eigenvalue weighted by Crippen LogP contribution is 2.31. The van der Waals surface area contributed by atoms with Crippen molar-refractivity contribution in [1.29, 1.82) is 0 Å². The molecule has 7 nitrogen and oxygen atoms in total. The summed E-state index contributed by atoms with van der Waals surface area (Å²) in [5, 5.41) is 10.6. The quantitative estimate of drug-likeness (QED) is 0.681. The van der Waals surface area contributed by atoms with Crippen LogP contribution in [-0.4, -0.2) is 28.4 Å². The summed E-state index contributed by atoms with van der Waals surface area (Å²) >= 11 is 11.1. The van der Waals surface area contributed by atoms with Gasteiger partial charge in [-0.05, 0) is 29.5 Å². The summed E-state index contributed by atoms with van der Waals surface area (Å²) in [6.07, 6.45) is 1.34. The summed E-state index contributed by atoms with van der Waals surface area (Å²) < 4.78 is 32.6. The van der Waals surface area contributed by atoms with Crippen LogP contribution in [0.4, 0.5) is 5.69 Å². The Morgan fingerprint density at radius 3 is 2.47 bits per heavy atom. The maximum atomic E-state index is 11.3. The maximum Gasteiger partial charge on any atom is 0.295 e. The predicted molar refractivity (Wildman–Crippen MR) is 69.3 cm³/mol. The Morgan fingerprint density at radius 2 is 1.95 bits per heavy atom. The van der Waals surface area contributed by atoms with Crippen molar-refractivity contribution in [3.8, 4) is 11.3 Å². The van der Waals surface area contributed by atoms with E-state index in [0.717, 1.165) is 3.94 Å². The van der Waals surface area contributed by atoms with Gasteiger partial charge in [0.05, 0.1) is 17.6 Å². The van der Waals surface area contributed by atoms with Crippen LogP contribution in [0.5, 0.6) is 0 Å². The molecule has 2 rings (SSSR count). The maximum absolute atomic E-state index is 11.3. The molecule has 0 fully saturated rings. The predicted octanol–water partition coefficient (Wildman–Crippen LogP) is 1.90. The fourth-order valence-corrected chi connectivity index (χ4v) is 2.32. The first-order valence-electron chi connectivity index (χ1n) is 4.77. The van der Waals surface area contributed by atoms with Crippen molar-refractivity contribution in [2.45, 2.75) is 4.90 Å². The molecular weight excluding hydrogens is 315 g/mol. The third-order valence-electron chi connectivity index (χ3n) is 2.22. The average molecular weight is 321 g/mol. The van der Waals surface area contributed by atoms with Gasteiger partial charge in [0, 0.05) is 29.1 Å². The Morgan fingerprint density at radius 1 is 1.21 bits per heavy atom. The zero-order chi connectivity index (χ0) is 14.0. The molecular formula is C9H6Cl2N4O3S. The summed E-state index contributed by atoms with van der Waals surface area (Å²) in [5.41, 5.74) is 0.630. The Kier molecular flexibility index (Phi) is 3.85. The lowest BCUT2D eigenvalue weighted by Crippen LogP contribution is -2.03. The van der Waals surface area contributed by atoms with Crippen LogP contribution in [-0.2, 0) is 10.1 Å². The van der Waals surface area contributed by atoms with Gasteiger partial charge in [-0.25, -0.2) is 0 Å². The van der Waals surface area contributed by atoms with Crippen LogP contribution in [0.1, 0.15) is 0 Å². The van der Waals surface area contributed by atoms with Crippen LogP contribution in [0, 0.1) is 0 Å². The van der Waals surface area contributed by atoms with Gasteiger partial charge in [-0.2, -0.15) is 12.4 Å². The summed E-state index contributed by atoms with van der Waals surface area (Å²) in [4.78, 5) is -0.327. The fourth-order valence-electron chi connectivity index (χ4n) is 1.43. The molecule has 0 atom stereocenters. The van der Waals surface area contributed by atoms with Crippen LogP contribution in [0.2, 0.25) is 0 Å². The molecule has 19 heavy (non-hydrogen) atoms. The molecule has 0 saturated carbocycles. The van der Waals surface area contributed by atoms with Gasteiger partial charge in [-0.3, -0.25) is 4.55 Å². The first kappa shape index (κ1) is 13.9. The monoisotopic (exact) mass is 320 g/mol. The van der Waals surface area contributed by atoms with E-state index in [1.165, 1.54) is 30.5 Å². The van der Waals surface area contributed by atoms with Crippen LogP contribution in [0.15, 0.2) is 35.4 Å². The number of aromatic nitrogens is 3. The largest absolute Gasteiger partial charge is 0.295 e. The second-order valence-electron chi connectivity index (χ2n) is 3.39. The van der Waals surface area contributed by atoms with Crippen molar-refractivity contribution in [2.75, 3.05) is 3.94 Å². The number of anilines is 1. The number of rotatable bonds is 3. The topological polar surface area (TPSA) is 96.3 Å². The van der Waals surface area contributed by atoms with E-state index in [1.807, 2.05) is 0 Å². The van der Waals surface area contributed by atoms with Crippen LogP contribution in [0.3, 0.4) is 0 Å². The van der Waals surface area contributed by atoms with Crippen LogP contribution < -0.4 is 3.94 Å². The Hall–Kier alpha value is -1.48. The molecule has 100 valence electrons. The molecule has 0 amide bonds. The number of halogens is 2. The summed E-state index contributed by atoms with van der Waals surface area (Å²) in [5.74, 6) is 0. The lowest BCUT2D eigenvalue weighted by atomic mass is 10.1. The van der Waals surface area contributed by atoms with E-state index < -0.39 is 10.1 Å². The van der Waals surface area contributed by atoms with E-state index >= 15 is 0 Å². The Labute approximate surface area is 118 Å². The van der Waals surface area contributed by atoms with E-state index in [2.05, 4.69) is 15.4 Å². The van der Waals surface area contributed by atoms with E-state index in [9.17, 15) is 13.0 Å². The second kappa shape index (κ2) is 5.25. The highest BCUT2D eigenvalue weighted by molar-refractivity contribution is 7.86. The molecule has 1 N–H and O–H groups in total. The van der Waals surface area contributed by atoms with Gasteiger partial charge in [0.15, 0.2) is 0 Å². The zero-order valence-corrected chi connectivity index (χ0v) is 11.4. The van der Waals surface area contributed by atoms with Gasteiger partial charge in [0.1, 0.15) is 4.90 Å². The SMILES string of the molecule is O=S(=O)(O)c1ccc(N(Cl)Cl)cc1-c1ccnnn1. The van der Waals surface area contributed by atoms with Gasteiger partial charge in [0.25, 0.3) is 10.1 Å². The molecule has 0 aliphatic heterocycles. The second-order valence-corrected chi connectivity index (χ2v) is 5.63. The van der Waals surface area contributed by atoms with Crippen LogP contribution in [0.25, 0.3) is 11.3 Å². The first-order valence-corrected chi connectivity index (χ1v) is 6.89. The molecule has 2 aromatic rings. The molecule has 1 aromatic heterocycles. The summed E-state index contributed by atoms with van der Waals surface area (Å²) in [6.45, 7) is 0. The molecule has 0 radical (unpaired) electrons.